The minimum atomic E-state index is 0.410. The van der Waals surface area contributed by atoms with E-state index in [0.29, 0.717) is 12.6 Å². The molecule has 0 spiro atoms. The van der Waals surface area contributed by atoms with E-state index in [4.69, 9.17) is 4.74 Å². The molecule has 0 unspecified atom stereocenters. The second-order valence-electron chi connectivity index (χ2n) is 6.46. The van der Waals surface area contributed by atoms with E-state index in [2.05, 4.69) is 63.1 Å². The van der Waals surface area contributed by atoms with Gasteiger partial charge in [0.05, 0.1) is 19.0 Å². The van der Waals surface area contributed by atoms with Gasteiger partial charge in [-0.05, 0) is 42.7 Å². The van der Waals surface area contributed by atoms with E-state index in [9.17, 15) is 0 Å². The molecule has 0 aliphatic carbocycles. The maximum atomic E-state index is 5.65. The molecule has 3 aromatic rings. The molecule has 4 nitrogen and oxygen atoms in total. The number of para-hydroxylation sites is 1. The van der Waals surface area contributed by atoms with Gasteiger partial charge < -0.3 is 14.2 Å². The number of benzene rings is 2. The average Bonchev–Trinajstić information content (AvgIpc) is 3.17. The van der Waals surface area contributed by atoms with Crippen LogP contribution in [0.15, 0.2) is 67.3 Å². The van der Waals surface area contributed by atoms with E-state index >= 15 is 0 Å². The molecule has 1 aliphatic heterocycles. The summed E-state index contributed by atoms with van der Waals surface area (Å²) in [5, 5.41) is 0. The summed E-state index contributed by atoms with van der Waals surface area (Å²) in [5.74, 6) is 0.941. The predicted molar refractivity (Wildman–Crippen MR) is 100 cm³/mol. The van der Waals surface area contributed by atoms with Crippen LogP contribution >= 0.6 is 0 Å². The Bertz CT molecular complexity index is 829. The summed E-state index contributed by atoms with van der Waals surface area (Å²) in [5.41, 5.74) is 4.00. The Hall–Kier alpha value is -2.75. The van der Waals surface area contributed by atoms with Crippen LogP contribution in [0.4, 0.5) is 5.69 Å². The van der Waals surface area contributed by atoms with E-state index < -0.39 is 0 Å². The minimum Gasteiger partial charge on any atom is -0.494 e. The Morgan fingerprint density at radius 3 is 2.92 bits per heavy atom. The number of aromatic nitrogens is 2. The van der Waals surface area contributed by atoms with E-state index in [1.54, 1.807) is 0 Å². The third-order valence-corrected chi connectivity index (χ3v) is 4.75. The molecule has 0 fully saturated rings. The SMILES string of the molecule is CCOc1cccc(CN2C[C@H](n3ccnc3)Cc3ccccc32)c1. The molecule has 2 aromatic carbocycles. The number of nitrogens with zero attached hydrogens (tertiary/aromatic N) is 3. The first-order valence-corrected chi connectivity index (χ1v) is 8.85. The van der Waals surface area contributed by atoms with Crippen LogP contribution in [0.1, 0.15) is 24.1 Å². The molecule has 25 heavy (non-hydrogen) atoms. The Morgan fingerprint density at radius 1 is 1.16 bits per heavy atom. The monoisotopic (exact) mass is 333 g/mol. The molecule has 0 saturated carbocycles. The molecule has 1 atom stereocenters. The van der Waals surface area contributed by atoms with Gasteiger partial charge in [-0.25, -0.2) is 4.98 Å². The van der Waals surface area contributed by atoms with Crippen LogP contribution in [0.3, 0.4) is 0 Å². The number of hydrogen-bond acceptors (Lipinski definition) is 3. The Kier molecular flexibility index (Phi) is 4.42. The molecule has 0 N–H and O–H groups in total. The lowest BCUT2D eigenvalue weighted by atomic mass is 9.97. The van der Waals surface area contributed by atoms with E-state index in [1.807, 2.05) is 25.5 Å². The molecule has 0 radical (unpaired) electrons. The quantitative estimate of drug-likeness (QED) is 0.704. The van der Waals surface area contributed by atoms with Crippen LogP contribution in [-0.4, -0.2) is 22.7 Å². The first-order chi connectivity index (χ1) is 12.3. The summed E-state index contributed by atoms with van der Waals surface area (Å²) in [6, 6.07) is 17.5. The topological polar surface area (TPSA) is 30.3 Å². The standard InChI is InChI=1S/C21H23N3O/c1-2-25-20-8-5-6-17(12-20)14-24-15-19(23-11-10-22-16-23)13-18-7-3-4-9-21(18)24/h3-12,16,19H,2,13-15H2,1H3/t19-/m1/s1. The lowest BCUT2D eigenvalue weighted by molar-refractivity contribution is 0.340. The lowest BCUT2D eigenvalue weighted by Gasteiger charge is -2.36. The molecule has 1 aromatic heterocycles. The molecular weight excluding hydrogens is 310 g/mol. The van der Waals surface area contributed by atoms with Crippen LogP contribution in [0.25, 0.3) is 0 Å². The minimum absolute atomic E-state index is 0.410. The van der Waals surface area contributed by atoms with Gasteiger partial charge in [-0.3, -0.25) is 0 Å². The Labute approximate surface area is 148 Å². The maximum absolute atomic E-state index is 5.65. The predicted octanol–water partition coefficient (Wildman–Crippen LogP) is 4.09. The summed E-state index contributed by atoms with van der Waals surface area (Å²) in [4.78, 5) is 6.69. The number of anilines is 1. The van der Waals surface area contributed by atoms with Crippen LogP contribution in [0.5, 0.6) is 5.75 Å². The van der Waals surface area contributed by atoms with Gasteiger partial charge in [-0.2, -0.15) is 0 Å². The van der Waals surface area contributed by atoms with Gasteiger partial charge in [0.2, 0.25) is 0 Å². The number of ether oxygens (including phenoxy) is 1. The molecule has 0 bridgehead atoms. The molecular formula is C21H23N3O. The van der Waals surface area contributed by atoms with Crippen molar-refractivity contribution in [1.29, 1.82) is 0 Å². The Morgan fingerprint density at radius 2 is 2.08 bits per heavy atom. The summed E-state index contributed by atoms with van der Waals surface area (Å²) in [6.07, 6.45) is 6.89. The smallest absolute Gasteiger partial charge is 0.119 e. The van der Waals surface area contributed by atoms with Gasteiger partial charge in [0.15, 0.2) is 0 Å². The Balaban J connectivity index is 1.62. The second-order valence-corrected chi connectivity index (χ2v) is 6.46. The summed E-state index contributed by atoms with van der Waals surface area (Å²) in [6.45, 7) is 4.57. The van der Waals surface area contributed by atoms with Crippen molar-refractivity contribution >= 4 is 5.69 Å². The van der Waals surface area contributed by atoms with Crippen molar-refractivity contribution in [3.8, 4) is 5.75 Å². The van der Waals surface area contributed by atoms with Crippen molar-refractivity contribution in [3.05, 3.63) is 78.4 Å². The van der Waals surface area contributed by atoms with Crippen molar-refractivity contribution in [3.63, 3.8) is 0 Å². The first kappa shape index (κ1) is 15.8. The summed E-state index contributed by atoms with van der Waals surface area (Å²) >= 11 is 0. The highest BCUT2D eigenvalue weighted by atomic mass is 16.5. The van der Waals surface area contributed by atoms with Gasteiger partial charge in [0.25, 0.3) is 0 Å². The zero-order chi connectivity index (χ0) is 17.1. The van der Waals surface area contributed by atoms with Crippen molar-refractivity contribution in [2.75, 3.05) is 18.1 Å². The molecule has 4 heteroatoms. The van der Waals surface area contributed by atoms with Gasteiger partial charge >= 0.3 is 0 Å². The van der Waals surface area contributed by atoms with Gasteiger partial charge in [-0.1, -0.05) is 30.3 Å². The maximum Gasteiger partial charge on any atom is 0.119 e. The average molecular weight is 333 g/mol. The van der Waals surface area contributed by atoms with E-state index in [1.165, 1.54) is 16.8 Å². The van der Waals surface area contributed by atoms with Crippen molar-refractivity contribution in [2.24, 2.45) is 0 Å². The number of imidazole rings is 1. The van der Waals surface area contributed by atoms with Crippen LogP contribution in [-0.2, 0) is 13.0 Å². The zero-order valence-corrected chi connectivity index (χ0v) is 14.5. The summed E-state index contributed by atoms with van der Waals surface area (Å²) in [7, 11) is 0. The lowest BCUT2D eigenvalue weighted by Crippen LogP contribution is -2.36. The van der Waals surface area contributed by atoms with Crippen LogP contribution < -0.4 is 9.64 Å². The number of rotatable bonds is 5. The normalized spacial score (nSPS) is 16.5. The van der Waals surface area contributed by atoms with E-state index in [-0.39, 0.29) is 0 Å². The van der Waals surface area contributed by atoms with E-state index in [0.717, 1.165) is 25.3 Å². The number of hydrogen-bond donors (Lipinski definition) is 0. The van der Waals surface area contributed by atoms with Crippen LogP contribution in [0.2, 0.25) is 0 Å². The third-order valence-electron chi connectivity index (χ3n) is 4.75. The van der Waals surface area contributed by atoms with Crippen molar-refractivity contribution in [1.82, 2.24) is 9.55 Å². The molecule has 4 rings (SSSR count). The first-order valence-electron chi connectivity index (χ1n) is 8.85. The molecule has 2 heterocycles. The molecule has 1 aliphatic rings. The van der Waals surface area contributed by atoms with Crippen molar-refractivity contribution in [2.45, 2.75) is 25.9 Å². The van der Waals surface area contributed by atoms with Gasteiger partial charge in [0, 0.05) is 31.2 Å². The zero-order valence-electron chi connectivity index (χ0n) is 14.5. The highest BCUT2D eigenvalue weighted by Crippen LogP contribution is 2.33. The fourth-order valence-electron chi connectivity index (χ4n) is 3.62. The highest BCUT2D eigenvalue weighted by Gasteiger charge is 2.25. The van der Waals surface area contributed by atoms with Gasteiger partial charge in [-0.15, -0.1) is 0 Å². The molecule has 0 saturated heterocycles. The highest BCUT2D eigenvalue weighted by molar-refractivity contribution is 5.56. The fourth-order valence-corrected chi connectivity index (χ4v) is 3.62. The van der Waals surface area contributed by atoms with Gasteiger partial charge in [0.1, 0.15) is 5.75 Å². The third kappa shape index (κ3) is 3.38. The fraction of sp³-hybridized carbons (Fsp3) is 0.286. The van der Waals surface area contributed by atoms with Crippen LogP contribution in [0, 0.1) is 0 Å². The largest absolute Gasteiger partial charge is 0.494 e. The summed E-state index contributed by atoms with van der Waals surface area (Å²) < 4.78 is 7.88. The van der Waals surface area contributed by atoms with Crippen molar-refractivity contribution < 1.29 is 4.74 Å². The number of fused-ring (bicyclic) bond motifs is 1. The second kappa shape index (κ2) is 7.01. The molecule has 0 amide bonds. The molecule has 128 valence electrons.